The molecule has 2 unspecified atom stereocenters. The van der Waals surface area contributed by atoms with Crippen molar-refractivity contribution in [3.63, 3.8) is 0 Å². The van der Waals surface area contributed by atoms with Crippen molar-refractivity contribution in [2.45, 2.75) is 19.4 Å². The number of ether oxygens (including phenoxy) is 1. The van der Waals surface area contributed by atoms with Crippen LogP contribution >= 0.6 is 11.8 Å². The van der Waals surface area contributed by atoms with Gasteiger partial charge in [0.05, 0.1) is 5.75 Å². The fourth-order valence-electron chi connectivity index (χ4n) is 1.33. The van der Waals surface area contributed by atoms with E-state index in [4.69, 9.17) is 4.74 Å². The topological polar surface area (TPSA) is 26.3 Å². The lowest BCUT2D eigenvalue weighted by Crippen LogP contribution is -2.26. The molecular formula is C8H14O2S. The zero-order valence-corrected chi connectivity index (χ0v) is 7.82. The third kappa shape index (κ3) is 2.20. The van der Waals surface area contributed by atoms with Crippen molar-refractivity contribution in [3.8, 4) is 0 Å². The number of thioether (sulfide) groups is 1. The maximum atomic E-state index is 11.3. The third-order valence-corrected chi connectivity index (χ3v) is 2.56. The zero-order chi connectivity index (χ0) is 8.27. The lowest BCUT2D eigenvalue weighted by molar-refractivity contribution is -0.126. The number of hydrogen-bond acceptors (Lipinski definition) is 3. The highest BCUT2D eigenvalue weighted by Gasteiger charge is 2.29. The van der Waals surface area contributed by atoms with Gasteiger partial charge in [-0.15, -0.1) is 0 Å². The highest BCUT2D eigenvalue weighted by molar-refractivity contribution is 7.99. The van der Waals surface area contributed by atoms with Crippen LogP contribution in [-0.2, 0) is 9.53 Å². The Hall–Kier alpha value is -0.0200. The van der Waals surface area contributed by atoms with E-state index in [0.29, 0.717) is 11.7 Å². The minimum absolute atomic E-state index is 0.109. The maximum absolute atomic E-state index is 11.3. The molecule has 0 radical (unpaired) electrons. The van der Waals surface area contributed by atoms with E-state index in [1.54, 1.807) is 11.8 Å². The van der Waals surface area contributed by atoms with Crippen LogP contribution in [0.3, 0.4) is 0 Å². The summed E-state index contributed by atoms with van der Waals surface area (Å²) < 4.78 is 5.32. The van der Waals surface area contributed by atoms with Gasteiger partial charge in [0, 0.05) is 6.61 Å². The van der Waals surface area contributed by atoms with Gasteiger partial charge in [0.25, 0.3) is 0 Å². The van der Waals surface area contributed by atoms with Crippen LogP contribution in [0.2, 0.25) is 0 Å². The first-order valence-corrected chi connectivity index (χ1v) is 5.28. The first kappa shape index (κ1) is 9.07. The van der Waals surface area contributed by atoms with Crippen molar-refractivity contribution in [1.29, 1.82) is 0 Å². The summed E-state index contributed by atoms with van der Waals surface area (Å²) in [6, 6.07) is 0. The second kappa shape index (κ2) is 4.12. The van der Waals surface area contributed by atoms with Crippen LogP contribution in [0, 0.1) is 5.92 Å². The zero-order valence-electron chi connectivity index (χ0n) is 7.00. The molecule has 0 aromatic rings. The third-order valence-electron chi connectivity index (χ3n) is 1.99. The van der Waals surface area contributed by atoms with E-state index in [-0.39, 0.29) is 11.9 Å². The Morgan fingerprint density at radius 2 is 2.45 bits per heavy atom. The lowest BCUT2D eigenvalue weighted by Gasteiger charge is -2.11. The highest BCUT2D eigenvalue weighted by Crippen LogP contribution is 2.21. The number of Topliss-reactive ketones (excluding diaryl/α,β-unsaturated/α-hetero) is 1. The molecule has 0 aromatic heterocycles. The lowest BCUT2D eigenvalue weighted by atomic mass is 10.0. The fourth-order valence-corrected chi connectivity index (χ4v) is 1.78. The minimum atomic E-state index is -0.109. The molecule has 1 aliphatic rings. The van der Waals surface area contributed by atoms with Crippen molar-refractivity contribution in [3.05, 3.63) is 0 Å². The number of hydrogen-bond donors (Lipinski definition) is 0. The van der Waals surface area contributed by atoms with E-state index in [0.717, 1.165) is 13.0 Å². The van der Waals surface area contributed by atoms with Crippen molar-refractivity contribution in [1.82, 2.24) is 0 Å². The second-order valence-electron chi connectivity index (χ2n) is 2.96. The van der Waals surface area contributed by atoms with Gasteiger partial charge in [-0.1, -0.05) is 6.92 Å². The van der Waals surface area contributed by atoms with Gasteiger partial charge in [-0.25, -0.2) is 0 Å². The van der Waals surface area contributed by atoms with E-state index in [1.807, 2.05) is 6.26 Å². The summed E-state index contributed by atoms with van der Waals surface area (Å²) in [4.78, 5) is 11.3. The Bertz CT molecular complexity index is 147. The van der Waals surface area contributed by atoms with E-state index >= 15 is 0 Å². The molecule has 0 aliphatic carbocycles. The molecule has 2 nitrogen and oxygen atoms in total. The first-order chi connectivity index (χ1) is 5.25. The van der Waals surface area contributed by atoms with Gasteiger partial charge in [-0.2, -0.15) is 11.8 Å². The molecule has 0 bridgehead atoms. The number of carbonyl (C=O) groups excluding carboxylic acids is 1. The standard InChI is InChI=1S/C8H14O2S/c1-6-3-4-10-8(6)7(9)5-11-2/h6,8H,3-5H2,1-2H3. The molecular weight excluding hydrogens is 160 g/mol. The summed E-state index contributed by atoms with van der Waals surface area (Å²) in [7, 11) is 0. The molecule has 2 atom stereocenters. The van der Waals surface area contributed by atoms with Crippen LogP contribution in [0.1, 0.15) is 13.3 Å². The summed E-state index contributed by atoms with van der Waals surface area (Å²) in [6.07, 6.45) is 2.87. The monoisotopic (exact) mass is 174 g/mol. The molecule has 1 aliphatic heterocycles. The first-order valence-electron chi connectivity index (χ1n) is 3.89. The minimum Gasteiger partial charge on any atom is -0.370 e. The average molecular weight is 174 g/mol. The molecule has 11 heavy (non-hydrogen) atoms. The molecule has 1 saturated heterocycles. The summed E-state index contributed by atoms with van der Waals surface area (Å²) in [5.74, 6) is 1.27. The highest BCUT2D eigenvalue weighted by atomic mass is 32.2. The van der Waals surface area contributed by atoms with Gasteiger partial charge in [-0.05, 0) is 18.6 Å². The molecule has 1 rings (SSSR count). The molecule has 0 N–H and O–H groups in total. The molecule has 0 amide bonds. The van der Waals surface area contributed by atoms with E-state index in [1.165, 1.54) is 0 Å². The summed E-state index contributed by atoms with van der Waals surface area (Å²) in [5, 5.41) is 0. The van der Waals surface area contributed by atoms with Crippen LogP contribution in [0.25, 0.3) is 0 Å². The van der Waals surface area contributed by atoms with E-state index in [2.05, 4.69) is 6.92 Å². The molecule has 3 heteroatoms. The average Bonchev–Trinajstić information content (AvgIpc) is 2.36. The predicted octanol–water partition coefficient (Wildman–Crippen LogP) is 1.34. The fraction of sp³-hybridized carbons (Fsp3) is 0.875. The van der Waals surface area contributed by atoms with Crippen LogP contribution in [0.4, 0.5) is 0 Å². The molecule has 0 saturated carbocycles. The molecule has 1 fully saturated rings. The Balaban J connectivity index is 2.39. The quantitative estimate of drug-likeness (QED) is 0.646. The molecule has 1 heterocycles. The van der Waals surface area contributed by atoms with Gasteiger partial charge in [0.1, 0.15) is 6.10 Å². The van der Waals surface area contributed by atoms with Crippen LogP contribution in [-0.4, -0.2) is 30.5 Å². The Morgan fingerprint density at radius 3 is 2.91 bits per heavy atom. The Morgan fingerprint density at radius 1 is 1.73 bits per heavy atom. The normalized spacial score (nSPS) is 30.7. The predicted molar refractivity (Wildman–Crippen MR) is 46.9 cm³/mol. The van der Waals surface area contributed by atoms with Crippen LogP contribution in [0.15, 0.2) is 0 Å². The SMILES string of the molecule is CSCC(=O)C1OCCC1C. The Labute approximate surface area is 71.7 Å². The summed E-state index contributed by atoms with van der Waals surface area (Å²) in [5.41, 5.74) is 0. The van der Waals surface area contributed by atoms with Crippen LogP contribution < -0.4 is 0 Å². The van der Waals surface area contributed by atoms with Crippen LogP contribution in [0.5, 0.6) is 0 Å². The van der Waals surface area contributed by atoms with Crippen molar-refractivity contribution >= 4 is 17.5 Å². The van der Waals surface area contributed by atoms with Crippen molar-refractivity contribution in [2.24, 2.45) is 5.92 Å². The summed E-state index contributed by atoms with van der Waals surface area (Å²) in [6.45, 7) is 2.84. The van der Waals surface area contributed by atoms with Gasteiger partial charge in [0.2, 0.25) is 0 Å². The van der Waals surface area contributed by atoms with Gasteiger partial charge >= 0.3 is 0 Å². The largest absolute Gasteiger partial charge is 0.370 e. The van der Waals surface area contributed by atoms with Crippen molar-refractivity contribution in [2.75, 3.05) is 18.6 Å². The second-order valence-corrected chi connectivity index (χ2v) is 3.82. The molecule has 0 spiro atoms. The van der Waals surface area contributed by atoms with E-state index < -0.39 is 0 Å². The smallest absolute Gasteiger partial charge is 0.171 e. The summed E-state index contributed by atoms with van der Waals surface area (Å²) >= 11 is 1.57. The van der Waals surface area contributed by atoms with Crippen molar-refractivity contribution < 1.29 is 9.53 Å². The Kier molecular flexibility index (Phi) is 3.40. The molecule has 0 aromatic carbocycles. The van der Waals surface area contributed by atoms with Gasteiger partial charge in [0.15, 0.2) is 5.78 Å². The number of ketones is 1. The van der Waals surface area contributed by atoms with Gasteiger partial charge < -0.3 is 4.74 Å². The molecule has 64 valence electrons. The number of rotatable bonds is 3. The van der Waals surface area contributed by atoms with Gasteiger partial charge in [-0.3, -0.25) is 4.79 Å². The number of carbonyl (C=O) groups is 1. The maximum Gasteiger partial charge on any atom is 0.171 e. The van der Waals surface area contributed by atoms with E-state index in [9.17, 15) is 4.79 Å².